The van der Waals surface area contributed by atoms with E-state index in [1.807, 2.05) is 28.2 Å². The predicted molar refractivity (Wildman–Crippen MR) is 316 cm³/mol. The van der Waals surface area contributed by atoms with Crippen LogP contribution in [0.3, 0.4) is 0 Å². The van der Waals surface area contributed by atoms with E-state index in [1.54, 1.807) is 19.1 Å². The van der Waals surface area contributed by atoms with Gasteiger partial charge in [-0.2, -0.15) is 0 Å². The molecular formula is C57H90N12O21. The summed E-state index contributed by atoms with van der Waals surface area (Å²) in [6.07, 6.45) is 3.92. The summed E-state index contributed by atoms with van der Waals surface area (Å²) in [7, 11) is 0. The molecule has 2 aliphatic heterocycles. The van der Waals surface area contributed by atoms with E-state index in [4.69, 9.17) is 5.73 Å². The molecule has 0 bridgehead atoms. The van der Waals surface area contributed by atoms with Gasteiger partial charge in [-0.15, -0.1) is 0 Å². The summed E-state index contributed by atoms with van der Waals surface area (Å²) >= 11 is 0. The van der Waals surface area contributed by atoms with E-state index in [0.717, 1.165) is 30.7 Å². The molecule has 2 fully saturated rings. The van der Waals surface area contributed by atoms with Crippen LogP contribution in [-0.2, 0) is 71.9 Å². The van der Waals surface area contributed by atoms with Crippen molar-refractivity contribution in [3.63, 3.8) is 0 Å². The predicted octanol–water partition coefficient (Wildman–Crippen LogP) is -4.41. The summed E-state index contributed by atoms with van der Waals surface area (Å²) in [4.78, 5) is 206. The van der Waals surface area contributed by atoms with E-state index in [9.17, 15) is 103 Å². The molecule has 0 spiro atoms. The zero-order valence-electron chi connectivity index (χ0n) is 52.2. The van der Waals surface area contributed by atoms with Crippen molar-refractivity contribution in [3.05, 3.63) is 24.3 Å². The van der Waals surface area contributed by atoms with Gasteiger partial charge in [-0.25, -0.2) is 9.59 Å². The Labute approximate surface area is 520 Å². The summed E-state index contributed by atoms with van der Waals surface area (Å²) in [6.45, 7) is 13.0. The van der Waals surface area contributed by atoms with Gasteiger partial charge < -0.3 is 94.4 Å². The van der Waals surface area contributed by atoms with Gasteiger partial charge in [0.25, 0.3) is 0 Å². The highest BCUT2D eigenvalue weighted by atomic mass is 16.4. The fourth-order valence-corrected chi connectivity index (χ4v) is 9.41. The van der Waals surface area contributed by atoms with Gasteiger partial charge in [-0.05, 0) is 89.5 Å². The van der Waals surface area contributed by atoms with Crippen molar-refractivity contribution in [2.24, 2.45) is 35.3 Å². The number of nitrogens with two attached hydrogens (primary N) is 1. The Balaban J connectivity index is 2.99. The maximum Gasteiger partial charge on any atom is 0.338 e. The molecule has 15 atom stereocenters. The standard InChI is InChI=1S/C57H90N12O21/c1-11-28(6)18-14-12-13-15-20-35(70)63-40(30(8)54(84)85)49(79)67-41-31(9)60-47(77)34-22-29(7)25-69(34)53(83)39(27(4)5)66-52(82)44(57(10,90)56(88)89)64-36(71)24-59-45(75)33(23-37(72)73)62-51(81)42(43(74)55(86)87)68-46(76)32(19-16-17-21-58)61-48(78)38(26(2)3)65-50(41)80/h12-13,15,20,26-34,38-44,74,90H,11,14,16-19,21-25,58H2,1-10H3,(H,59,75)(H,60,77)(H,61,78)(H,62,81)(H,63,70)(H,64,71)(H,65,80)(H,66,82)(H,67,79)(H,68,76)(H,72,73)(H,84,85)(H,86,87)(H,88,89)/b13-12-,20-15+/t28?,29-,30?,31?,32+,33+,34+,38-,39+,40+,41+,42+,43?,44+,57?/m1/s1. The number of carboxylic acids is 4. The van der Waals surface area contributed by atoms with Gasteiger partial charge in [0.05, 0.1) is 24.9 Å². The van der Waals surface area contributed by atoms with Crippen LogP contribution < -0.4 is 58.9 Å². The number of hydrogen-bond donors (Lipinski definition) is 17. The number of amides is 11. The minimum atomic E-state index is -3.20. The van der Waals surface area contributed by atoms with E-state index in [0.29, 0.717) is 19.3 Å². The second-order valence-electron chi connectivity index (χ2n) is 23.5. The molecule has 33 nitrogen and oxygen atoms in total. The molecule has 0 aromatic rings. The molecule has 18 N–H and O–H groups in total. The minimum absolute atomic E-state index is 0.0420. The summed E-state index contributed by atoms with van der Waals surface area (Å²) in [5, 5.41) is 83.8. The van der Waals surface area contributed by atoms with Gasteiger partial charge in [0, 0.05) is 12.6 Å². The third-order valence-electron chi connectivity index (χ3n) is 15.2. The van der Waals surface area contributed by atoms with Crippen molar-refractivity contribution < 1.29 is 103 Å². The number of unbranched alkanes of at least 4 members (excludes halogenated alkanes) is 1. The number of carbonyl (C=O) groups excluding carboxylic acids is 11. The summed E-state index contributed by atoms with van der Waals surface area (Å²) in [5.41, 5.74) is 2.49. The molecule has 5 unspecified atom stereocenters. The lowest BCUT2D eigenvalue weighted by molar-refractivity contribution is -0.164. The number of carbonyl (C=O) groups is 15. The Morgan fingerprint density at radius 1 is 0.711 bits per heavy atom. The molecule has 2 aliphatic rings. The average molecular weight is 1280 g/mol. The molecule has 33 heteroatoms. The number of hydrogen-bond acceptors (Lipinski definition) is 18. The number of nitrogens with zero attached hydrogens (tertiary/aromatic N) is 1. The Morgan fingerprint density at radius 3 is 1.86 bits per heavy atom. The van der Waals surface area contributed by atoms with Crippen molar-refractivity contribution in [2.75, 3.05) is 19.6 Å². The third kappa shape index (κ3) is 23.4. The van der Waals surface area contributed by atoms with Gasteiger partial charge in [-0.1, -0.05) is 73.1 Å². The summed E-state index contributed by atoms with van der Waals surface area (Å²) < 4.78 is 0. The Kier molecular flexibility index (Phi) is 31.1. The number of rotatable bonds is 23. The van der Waals surface area contributed by atoms with Crippen molar-refractivity contribution in [1.82, 2.24) is 58.1 Å². The molecule has 2 rings (SSSR count). The van der Waals surface area contributed by atoms with Crippen LogP contribution in [0.15, 0.2) is 24.3 Å². The zero-order chi connectivity index (χ0) is 68.7. The van der Waals surface area contributed by atoms with Crippen molar-refractivity contribution >= 4 is 88.9 Å². The number of aliphatic carboxylic acids is 4. The van der Waals surface area contributed by atoms with Crippen molar-refractivity contribution in [1.29, 1.82) is 0 Å². The lowest BCUT2D eigenvalue weighted by Crippen LogP contribution is -2.66. The molecule has 0 saturated carbocycles. The topological polar surface area (TPSA) is 527 Å². The molecule has 11 amide bonds. The van der Waals surface area contributed by atoms with Crippen LogP contribution in [-0.4, -0.2) is 216 Å². The summed E-state index contributed by atoms with van der Waals surface area (Å²) in [6, 6.07) is -19.5. The SMILES string of the molecule is CCC(C)CC/C=C\C=C\C(=O)N[C@H](C(=O)N[C@@H]1C(=O)N[C@H](C(C)C)C(=O)N[C@@H](CCCCN)C(=O)N[C@@H](C(O)C(=O)O)C(=O)N[C@@H](CC(=O)O)C(=O)NCC(=O)N[C@H](C(C)(O)C(=O)O)C(=O)N[C@@H](C(C)C)C(=O)N2C[C@H](C)C[C@H]2C(=O)NC1C)C(C)C(=O)O. The molecule has 90 heavy (non-hydrogen) atoms. The minimum Gasteiger partial charge on any atom is -0.481 e. The number of fused-ring (bicyclic) bond motifs is 1. The highest BCUT2D eigenvalue weighted by molar-refractivity contribution is 6.02. The highest BCUT2D eigenvalue weighted by Crippen LogP contribution is 2.26. The van der Waals surface area contributed by atoms with E-state index in [2.05, 4.69) is 38.8 Å². The van der Waals surface area contributed by atoms with Crippen LogP contribution in [0.4, 0.5) is 0 Å². The van der Waals surface area contributed by atoms with Crippen molar-refractivity contribution in [3.8, 4) is 0 Å². The number of aliphatic hydroxyl groups excluding tert-OH is 1. The maximum atomic E-state index is 14.9. The van der Waals surface area contributed by atoms with Crippen LogP contribution >= 0.6 is 0 Å². The third-order valence-corrected chi connectivity index (χ3v) is 15.2. The monoisotopic (exact) mass is 1280 g/mol. The smallest absolute Gasteiger partial charge is 0.338 e. The highest BCUT2D eigenvalue weighted by Gasteiger charge is 2.49. The fourth-order valence-electron chi connectivity index (χ4n) is 9.41. The quantitative estimate of drug-likeness (QED) is 0.0261. The number of nitrogens with one attached hydrogen (secondary N) is 10. The molecule has 0 aliphatic carbocycles. The first-order valence-electron chi connectivity index (χ1n) is 29.6. The molecule has 0 radical (unpaired) electrons. The molecule has 2 heterocycles. The maximum absolute atomic E-state index is 14.9. The van der Waals surface area contributed by atoms with Crippen LogP contribution in [0.25, 0.3) is 0 Å². The van der Waals surface area contributed by atoms with Gasteiger partial charge in [0.1, 0.15) is 54.4 Å². The first-order chi connectivity index (χ1) is 41.9. The van der Waals surface area contributed by atoms with Gasteiger partial charge in [-0.3, -0.25) is 62.3 Å². The molecule has 504 valence electrons. The Hall–Kier alpha value is -8.59. The van der Waals surface area contributed by atoms with E-state index < -0.39 is 198 Å². The summed E-state index contributed by atoms with van der Waals surface area (Å²) in [5.74, 6) is -25.3. The fraction of sp³-hybridized carbons (Fsp3) is 0.667. The first kappa shape index (κ1) is 77.5. The first-order valence-corrected chi connectivity index (χ1v) is 29.6. The normalized spacial score (nSPS) is 26.3. The van der Waals surface area contributed by atoms with Crippen molar-refractivity contribution in [2.45, 2.75) is 193 Å². The van der Waals surface area contributed by atoms with Crippen LogP contribution in [0.1, 0.15) is 121 Å². The zero-order valence-corrected chi connectivity index (χ0v) is 52.2. The Morgan fingerprint density at radius 2 is 1.30 bits per heavy atom. The van der Waals surface area contributed by atoms with E-state index in [-0.39, 0.29) is 38.8 Å². The second-order valence-corrected chi connectivity index (χ2v) is 23.5. The van der Waals surface area contributed by atoms with Crippen LogP contribution in [0, 0.1) is 29.6 Å². The number of carboxylic acid groups (broad SMARTS) is 4. The molecule has 0 aromatic carbocycles. The van der Waals surface area contributed by atoms with Gasteiger partial charge >= 0.3 is 23.9 Å². The van der Waals surface area contributed by atoms with Crippen LogP contribution in [0.2, 0.25) is 0 Å². The second kappa shape index (κ2) is 36.2. The lowest BCUT2D eigenvalue weighted by Gasteiger charge is -2.34. The van der Waals surface area contributed by atoms with E-state index in [1.165, 1.54) is 40.7 Å². The molecule has 2 saturated heterocycles. The van der Waals surface area contributed by atoms with Gasteiger partial charge in [0.2, 0.25) is 65.0 Å². The average Bonchev–Trinajstić information content (AvgIpc) is 1.65. The number of allylic oxidation sites excluding steroid dienone is 3. The lowest BCUT2D eigenvalue weighted by atomic mass is 9.94. The Bertz CT molecular complexity index is 2700. The molecular weight excluding hydrogens is 1190 g/mol. The molecule has 0 aromatic heterocycles. The largest absolute Gasteiger partial charge is 0.481 e. The van der Waals surface area contributed by atoms with Gasteiger partial charge in [0.15, 0.2) is 11.7 Å². The van der Waals surface area contributed by atoms with E-state index >= 15 is 0 Å². The van der Waals surface area contributed by atoms with Crippen LogP contribution in [0.5, 0.6) is 0 Å². The number of aliphatic hydroxyl groups is 2.